The fourth-order valence-electron chi connectivity index (χ4n) is 1.84. The van der Waals surface area contributed by atoms with Gasteiger partial charge in [0.2, 0.25) is 11.7 Å². The van der Waals surface area contributed by atoms with E-state index < -0.39 is 0 Å². The second kappa shape index (κ2) is 4.93. The SMILES string of the molecule is Nc1cccc(CCc2nc(-c3ncc[nH]3)no2)c1. The van der Waals surface area contributed by atoms with Crippen molar-refractivity contribution in [3.63, 3.8) is 0 Å². The third-order valence-corrected chi connectivity index (χ3v) is 2.76. The van der Waals surface area contributed by atoms with Crippen molar-refractivity contribution in [3.05, 3.63) is 48.1 Å². The molecule has 3 aromatic rings. The van der Waals surface area contributed by atoms with Gasteiger partial charge in [0.25, 0.3) is 0 Å². The molecule has 0 spiro atoms. The van der Waals surface area contributed by atoms with Crippen LogP contribution in [0.25, 0.3) is 11.6 Å². The Hall–Kier alpha value is -2.63. The van der Waals surface area contributed by atoms with E-state index in [2.05, 4.69) is 20.1 Å². The number of hydrogen-bond acceptors (Lipinski definition) is 5. The highest BCUT2D eigenvalue weighted by molar-refractivity contribution is 5.41. The molecule has 0 atom stereocenters. The molecular weight excluding hydrogens is 242 g/mol. The molecule has 0 saturated carbocycles. The molecule has 2 aromatic heterocycles. The molecule has 0 bridgehead atoms. The van der Waals surface area contributed by atoms with Crippen molar-refractivity contribution >= 4 is 5.69 Å². The van der Waals surface area contributed by atoms with E-state index in [0.29, 0.717) is 24.0 Å². The summed E-state index contributed by atoms with van der Waals surface area (Å²) in [6, 6.07) is 7.78. The largest absolute Gasteiger partial charge is 0.399 e. The minimum Gasteiger partial charge on any atom is -0.399 e. The van der Waals surface area contributed by atoms with Crippen molar-refractivity contribution < 1.29 is 4.52 Å². The van der Waals surface area contributed by atoms with Crippen LogP contribution in [0.1, 0.15) is 11.5 Å². The molecule has 0 saturated heterocycles. The van der Waals surface area contributed by atoms with Gasteiger partial charge >= 0.3 is 0 Å². The first kappa shape index (κ1) is 11.5. The first-order valence-electron chi connectivity index (χ1n) is 5.98. The maximum Gasteiger partial charge on any atom is 0.238 e. The monoisotopic (exact) mass is 255 g/mol. The van der Waals surface area contributed by atoms with Crippen molar-refractivity contribution in [1.82, 2.24) is 20.1 Å². The second-order valence-electron chi connectivity index (χ2n) is 4.19. The van der Waals surface area contributed by atoms with Gasteiger partial charge in [-0.05, 0) is 24.1 Å². The summed E-state index contributed by atoms with van der Waals surface area (Å²) in [5.41, 5.74) is 7.65. The fraction of sp³-hybridized carbons (Fsp3) is 0.154. The number of benzene rings is 1. The Labute approximate surface area is 109 Å². The molecule has 0 radical (unpaired) electrons. The molecular formula is C13H13N5O. The molecule has 3 rings (SSSR count). The smallest absolute Gasteiger partial charge is 0.238 e. The molecule has 0 fully saturated rings. The van der Waals surface area contributed by atoms with E-state index in [0.717, 1.165) is 17.7 Å². The van der Waals surface area contributed by atoms with E-state index >= 15 is 0 Å². The average molecular weight is 255 g/mol. The van der Waals surface area contributed by atoms with Crippen LogP contribution in [0.4, 0.5) is 5.69 Å². The Kier molecular flexibility index (Phi) is 2.97. The molecule has 1 aromatic carbocycles. The van der Waals surface area contributed by atoms with Gasteiger partial charge in [0.1, 0.15) is 0 Å². The Morgan fingerprint density at radius 1 is 1.26 bits per heavy atom. The zero-order chi connectivity index (χ0) is 13.1. The van der Waals surface area contributed by atoms with Gasteiger partial charge in [0, 0.05) is 24.5 Å². The van der Waals surface area contributed by atoms with E-state index in [1.165, 1.54) is 0 Å². The molecule has 19 heavy (non-hydrogen) atoms. The lowest BCUT2D eigenvalue weighted by atomic mass is 10.1. The van der Waals surface area contributed by atoms with Crippen LogP contribution in [0.15, 0.2) is 41.2 Å². The number of nitrogens with zero attached hydrogens (tertiary/aromatic N) is 3. The summed E-state index contributed by atoms with van der Waals surface area (Å²) in [6.45, 7) is 0. The molecule has 0 aliphatic rings. The topological polar surface area (TPSA) is 93.6 Å². The van der Waals surface area contributed by atoms with Crippen LogP contribution in [0, 0.1) is 0 Å². The van der Waals surface area contributed by atoms with Gasteiger partial charge in [-0.1, -0.05) is 17.3 Å². The van der Waals surface area contributed by atoms with E-state index in [9.17, 15) is 0 Å². The van der Waals surface area contributed by atoms with Crippen molar-refractivity contribution in [3.8, 4) is 11.6 Å². The maximum atomic E-state index is 5.73. The molecule has 6 nitrogen and oxygen atoms in total. The van der Waals surface area contributed by atoms with Gasteiger partial charge in [-0.3, -0.25) is 0 Å². The van der Waals surface area contributed by atoms with Crippen LogP contribution in [-0.4, -0.2) is 20.1 Å². The number of anilines is 1. The minimum atomic E-state index is 0.479. The number of hydrogen-bond donors (Lipinski definition) is 2. The summed E-state index contributed by atoms with van der Waals surface area (Å²) >= 11 is 0. The Morgan fingerprint density at radius 2 is 2.21 bits per heavy atom. The lowest BCUT2D eigenvalue weighted by molar-refractivity contribution is 0.378. The number of H-pyrrole nitrogens is 1. The van der Waals surface area contributed by atoms with Crippen LogP contribution < -0.4 is 5.73 Å². The molecule has 0 aliphatic carbocycles. The second-order valence-corrected chi connectivity index (χ2v) is 4.19. The van der Waals surface area contributed by atoms with Crippen molar-refractivity contribution in [2.75, 3.05) is 5.73 Å². The summed E-state index contributed by atoms with van der Waals surface area (Å²) in [4.78, 5) is 11.3. The molecule has 96 valence electrons. The highest BCUT2D eigenvalue weighted by Crippen LogP contribution is 2.13. The standard InChI is InChI=1S/C13H13N5O/c14-10-3-1-2-9(8-10)4-5-11-17-13(18-19-11)12-15-6-7-16-12/h1-3,6-8H,4-5,14H2,(H,15,16). The van der Waals surface area contributed by atoms with Crippen LogP contribution in [0.3, 0.4) is 0 Å². The summed E-state index contributed by atoms with van der Waals surface area (Å²) < 4.78 is 5.19. The molecule has 3 N–H and O–H groups in total. The predicted molar refractivity (Wildman–Crippen MR) is 70.1 cm³/mol. The minimum absolute atomic E-state index is 0.479. The maximum absolute atomic E-state index is 5.73. The number of aryl methyl sites for hydroxylation is 2. The zero-order valence-corrected chi connectivity index (χ0v) is 10.2. The third kappa shape index (κ3) is 2.62. The first-order chi connectivity index (χ1) is 9.31. The number of nitrogen functional groups attached to an aromatic ring is 1. The van der Waals surface area contributed by atoms with Crippen molar-refractivity contribution in [2.24, 2.45) is 0 Å². The van der Waals surface area contributed by atoms with Crippen molar-refractivity contribution in [2.45, 2.75) is 12.8 Å². The van der Waals surface area contributed by atoms with Crippen LogP contribution >= 0.6 is 0 Å². The summed E-state index contributed by atoms with van der Waals surface area (Å²) in [5, 5.41) is 3.88. The number of aromatic nitrogens is 4. The Balaban J connectivity index is 1.68. The fourth-order valence-corrected chi connectivity index (χ4v) is 1.84. The van der Waals surface area contributed by atoms with Crippen LogP contribution in [0.5, 0.6) is 0 Å². The number of imidazole rings is 1. The van der Waals surface area contributed by atoms with Gasteiger partial charge in [-0.25, -0.2) is 4.98 Å². The number of rotatable bonds is 4. The summed E-state index contributed by atoms with van der Waals surface area (Å²) in [5.74, 6) is 1.68. The molecule has 6 heteroatoms. The lowest BCUT2D eigenvalue weighted by Crippen LogP contribution is -1.93. The Bertz CT molecular complexity index is 659. The van der Waals surface area contributed by atoms with Crippen molar-refractivity contribution in [1.29, 1.82) is 0 Å². The van der Waals surface area contributed by atoms with Crippen LogP contribution in [-0.2, 0) is 12.8 Å². The first-order valence-corrected chi connectivity index (χ1v) is 5.98. The third-order valence-electron chi connectivity index (χ3n) is 2.76. The predicted octanol–water partition coefficient (Wildman–Crippen LogP) is 1.83. The Morgan fingerprint density at radius 3 is 3.00 bits per heavy atom. The van der Waals surface area contributed by atoms with Gasteiger partial charge in [-0.2, -0.15) is 4.98 Å². The lowest BCUT2D eigenvalue weighted by Gasteiger charge is -1.99. The normalized spacial score (nSPS) is 10.7. The van der Waals surface area contributed by atoms with E-state index in [1.807, 2.05) is 24.3 Å². The van der Waals surface area contributed by atoms with Gasteiger partial charge in [-0.15, -0.1) is 0 Å². The van der Waals surface area contributed by atoms with E-state index in [-0.39, 0.29) is 0 Å². The number of nitrogens with one attached hydrogen (secondary N) is 1. The number of nitrogens with two attached hydrogens (primary N) is 1. The van der Waals surface area contributed by atoms with Crippen LogP contribution in [0.2, 0.25) is 0 Å². The summed E-state index contributed by atoms with van der Waals surface area (Å²) in [6.07, 6.45) is 4.86. The van der Waals surface area contributed by atoms with Gasteiger partial charge < -0.3 is 15.2 Å². The molecule has 0 amide bonds. The highest BCUT2D eigenvalue weighted by atomic mass is 16.5. The highest BCUT2D eigenvalue weighted by Gasteiger charge is 2.10. The van der Waals surface area contributed by atoms with E-state index in [1.54, 1.807) is 12.4 Å². The summed E-state index contributed by atoms with van der Waals surface area (Å²) in [7, 11) is 0. The average Bonchev–Trinajstić information content (AvgIpc) is 3.07. The van der Waals surface area contributed by atoms with Gasteiger partial charge in [0.15, 0.2) is 5.82 Å². The molecule has 2 heterocycles. The van der Waals surface area contributed by atoms with Gasteiger partial charge in [0.05, 0.1) is 0 Å². The number of aromatic amines is 1. The molecule has 0 unspecified atom stereocenters. The molecule has 0 aliphatic heterocycles. The van der Waals surface area contributed by atoms with E-state index in [4.69, 9.17) is 10.3 Å². The quantitative estimate of drug-likeness (QED) is 0.693. The zero-order valence-electron chi connectivity index (χ0n) is 10.2.